The second-order valence-electron chi connectivity index (χ2n) is 3.92. The van der Waals surface area contributed by atoms with Crippen LogP contribution in [0.25, 0.3) is 0 Å². The van der Waals surface area contributed by atoms with Crippen molar-refractivity contribution in [2.24, 2.45) is 0 Å². The fourth-order valence-corrected chi connectivity index (χ4v) is 2.57. The average molecular weight is 344 g/mol. The molecule has 0 saturated carbocycles. The first-order valence-electron chi connectivity index (χ1n) is 5.70. The molecular formula is C13H12O7S2. The summed E-state index contributed by atoms with van der Waals surface area (Å²) in [5.41, 5.74) is -0.0417. The first-order chi connectivity index (χ1) is 10.2. The molecule has 0 heterocycles. The summed E-state index contributed by atoms with van der Waals surface area (Å²) < 4.78 is 59.1. The molecule has 0 amide bonds. The monoisotopic (exact) mass is 344 g/mol. The quantitative estimate of drug-likeness (QED) is 0.640. The normalized spacial score (nSPS) is 11.2. The maximum atomic E-state index is 10.6. The molecule has 22 heavy (non-hydrogen) atoms. The molecule has 0 radical (unpaired) electrons. The van der Waals surface area contributed by atoms with Gasteiger partial charge < -0.3 is 0 Å². The fraction of sp³-hybridized carbons (Fsp3) is 0. The molecule has 0 saturated heterocycles. The van der Waals surface area contributed by atoms with E-state index in [1.165, 1.54) is 36.4 Å². The van der Waals surface area contributed by atoms with Gasteiger partial charge in [-0.3, -0.25) is 13.9 Å². The van der Waals surface area contributed by atoms with Crippen LogP contribution in [0, 0.1) is 0 Å². The second-order valence-corrected chi connectivity index (χ2v) is 6.73. The van der Waals surface area contributed by atoms with E-state index in [0.717, 1.165) is 0 Å². The minimum Gasteiger partial charge on any atom is -0.298 e. The second kappa shape index (κ2) is 7.27. The van der Waals surface area contributed by atoms with Crippen molar-refractivity contribution in [1.82, 2.24) is 0 Å². The lowest BCUT2D eigenvalue weighted by molar-refractivity contribution is 0.112. The zero-order valence-electron chi connectivity index (χ0n) is 11.0. The molecule has 9 heteroatoms. The average Bonchev–Trinajstić information content (AvgIpc) is 2.47. The molecule has 2 aromatic carbocycles. The van der Waals surface area contributed by atoms with Crippen molar-refractivity contribution in [2.75, 3.05) is 0 Å². The van der Waals surface area contributed by atoms with Crippen molar-refractivity contribution < 1.29 is 30.7 Å². The Labute approximate surface area is 127 Å². The number of carbonyl (C=O) groups excluding carboxylic acids is 1. The minimum absolute atomic E-state index is 0.0417. The lowest BCUT2D eigenvalue weighted by atomic mass is 10.2. The van der Waals surface area contributed by atoms with Gasteiger partial charge in [-0.05, 0) is 18.2 Å². The van der Waals surface area contributed by atoms with E-state index >= 15 is 0 Å². The summed E-state index contributed by atoms with van der Waals surface area (Å²) in [4.78, 5) is 9.86. The number of carbonyl (C=O) groups is 1. The van der Waals surface area contributed by atoms with Crippen molar-refractivity contribution >= 4 is 26.5 Å². The maximum Gasteiger partial charge on any atom is 0.295 e. The summed E-state index contributed by atoms with van der Waals surface area (Å²) in [6.07, 6.45) is 0.378. The van der Waals surface area contributed by atoms with Gasteiger partial charge in [-0.25, -0.2) is 0 Å². The third kappa shape index (κ3) is 5.37. The predicted molar refractivity (Wildman–Crippen MR) is 77.9 cm³/mol. The molecule has 0 spiro atoms. The number of rotatable bonds is 3. The Hall–Kier alpha value is -2.07. The predicted octanol–water partition coefficient (Wildman–Crippen LogP) is 1.68. The van der Waals surface area contributed by atoms with Gasteiger partial charge in [0.05, 0.1) is 4.90 Å². The zero-order valence-corrected chi connectivity index (χ0v) is 12.7. The first-order valence-corrected chi connectivity index (χ1v) is 8.58. The molecule has 0 bridgehead atoms. The Morgan fingerprint density at radius 3 is 1.59 bits per heavy atom. The van der Waals surface area contributed by atoms with Gasteiger partial charge >= 0.3 is 0 Å². The smallest absolute Gasteiger partial charge is 0.295 e. The van der Waals surface area contributed by atoms with Crippen LogP contribution in [0.1, 0.15) is 10.4 Å². The van der Waals surface area contributed by atoms with Crippen molar-refractivity contribution in [1.29, 1.82) is 0 Å². The lowest BCUT2D eigenvalue weighted by Gasteiger charge is -1.98. The van der Waals surface area contributed by atoms with Crippen molar-refractivity contribution in [3.05, 3.63) is 60.2 Å². The van der Waals surface area contributed by atoms with Crippen LogP contribution in [-0.2, 0) is 20.2 Å². The van der Waals surface area contributed by atoms with Crippen LogP contribution in [0.5, 0.6) is 0 Å². The highest BCUT2D eigenvalue weighted by Gasteiger charge is 2.13. The van der Waals surface area contributed by atoms with E-state index in [2.05, 4.69) is 0 Å². The Morgan fingerprint density at radius 2 is 1.23 bits per heavy atom. The molecule has 7 nitrogen and oxygen atoms in total. The minimum atomic E-state index is -4.28. The number of benzene rings is 2. The summed E-state index contributed by atoms with van der Waals surface area (Å²) in [5, 5.41) is 0. The Balaban J connectivity index is 0.000000224. The summed E-state index contributed by atoms with van der Waals surface area (Å²) in [6.45, 7) is 0. The standard InChI is InChI=1S/C7H6O4S.C6H6O3S/c8-5-6-3-1-2-4-7(6)12(9,10)11;7-10(8,9)6-4-2-1-3-5-6/h1-5H,(H,9,10,11);1-5H,(H,7,8,9). The summed E-state index contributed by atoms with van der Waals surface area (Å²) in [6, 6.07) is 12.8. The molecule has 0 aliphatic heterocycles. The van der Waals surface area contributed by atoms with Gasteiger partial charge in [0.25, 0.3) is 20.2 Å². The maximum absolute atomic E-state index is 10.6. The van der Waals surface area contributed by atoms with Gasteiger partial charge in [0, 0.05) is 5.56 Å². The lowest BCUT2D eigenvalue weighted by Crippen LogP contribution is -2.01. The number of aldehydes is 1. The SMILES string of the molecule is O=Cc1ccccc1S(=O)(=O)O.O=S(=O)(O)c1ccccc1. The van der Waals surface area contributed by atoms with E-state index in [1.807, 2.05) is 0 Å². The highest BCUT2D eigenvalue weighted by atomic mass is 32.2. The molecule has 2 N–H and O–H groups in total. The number of hydrogen-bond donors (Lipinski definition) is 2. The topological polar surface area (TPSA) is 126 Å². The summed E-state index contributed by atoms with van der Waals surface area (Å²) >= 11 is 0. The molecule has 0 aliphatic carbocycles. The van der Waals surface area contributed by atoms with Gasteiger partial charge in [-0.2, -0.15) is 16.8 Å². The van der Waals surface area contributed by atoms with E-state index in [-0.39, 0.29) is 15.4 Å². The summed E-state index contributed by atoms with van der Waals surface area (Å²) in [7, 11) is -8.28. The zero-order chi connectivity index (χ0) is 16.8. The Morgan fingerprint density at radius 1 is 0.727 bits per heavy atom. The van der Waals surface area contributed by atoms with E-state index in [9.17, 15) is 21.6 Å². The molecular weight excluding hydrogens is 332 g/mol. The van der Waals surface area contributed by atoms with Crippen LogP contribution in [0.3, 0.4) is 0 Å². The van der Waals surface area contributed by atoms with E-state index in [0.29, 0.717) is 6.29 Å². The molecule has 0 atom stereocenters. The Bertz CT molecular complexity index is 841. The molecule has 0 aromatic heterocycles. The highest BCUT2D eigenvalue weighted by Crippen LogP contribution is 2.12. The van der Waals surface area contributed by atoms with Crippen LogP contribution in [-0.4, -0.2) is 32.2 Å². The van der Waals surface area contributed by atoms with E-state index in [1.54, 1.807) is 18.2 Å². The van der Waals surface area contributed by atoms with Crippen molar-refractivity contribution in [2.45, 2.75) is 9.79 Å². The highest BCUT2D eigenvalue weighted by molar-refractivity contribution is 7.86. The van der Waals surface area contributed by atoms with Crippen molar-refractivity contribution in [3.8, 4) is 0 Å². The van der Waals surface area contributed by atoms with E-state index in [4.69, 9.17) is 9.11 Å². The van der Waals surface area contributed by atoms with Crippen molar-refractivity contribution in [3.63, 3.8) is 0 Å². The molecule has 2 aromatic rings. The van der Waals surface area contributed by atoms with Gasteiger partial charge in [0.15, 0.2) is 6.29 Å². The van der Waals surface area contributed by atoms with Gasteiger partial charge in [-0.1, -0.05) is 36.4 Å². The first kappa shape index (κ1) is 18.0. The fourth-order valence-electron chi connectivity index (χ4n) is 1.41. The van der Waals surface area contributed by atoms with Crippen LogP contribution in [0.4, 0.5) is 0 Å². The molecule has 0 aliphatic rings. The van der Waals surface area contributed by atoms with Gasteiger partial charge in [-0.15, -0.1) is 0 Å². The van der Waals surface area contributed by atoms with Crippen LogP contribution in [0.2, 0.25) is 0 Å². The van der Waals surface area contributed by atoms with Crippen LogP contribution in [0.15, 0.2) is 64.4 Å². The third-order valence-electron chi connectivity index (χ3n) is 2.36. The largest absolute Gasteiger partial charge is 0.298 e. The summed E-state index contributed by atoms with van der Waals surface area (Å²) in [5.74, 6) is 0. The molecule has 118 valence electrons. The van der Waals surface area contributed by atoms with Gasteiger partial charge in [0.2, 0.25) is 0 Å². The van der Waals surface area contributed by atoms with Crippen LogP contribution < -0.4 is 0 Å². The molecule has 0 unspecified atom stereocenters. The Kier molecular flexibility index (Phi) is 5.94. The third-order valence-corrected chi connectivity index (χ3v) is 4.16. The molecule has 2 rings (SSSR count). The van der Waals surface area contributed by atoms with Crippen LogP contribution >= 0.6 is 0 Å². The van der Waals surface area contributed by atoms with Gasteiger partial charge in [0.1, 0.15) is 4.90 Å². The van der Waals surface area contributed by atoms with E-state index < -0.39 is 20.2 Å². The number of hydrogen-bond acceptors (Lipinski definition) is 5. The molecule has 0 fully saturated rings.